The van der Waals surface area contributed by atoms with Gasteiger partial charge in [-0.3, -0.25) is 9.59 Å². The van der Waals surface area contributed by atoms with E-state index < -0.39 is 6.10 Å². The number of benzene rings is 3. The average molecular weight is 394 g/mol. The van der Waals surface area contributed by atoms with Crippen LogP contribution in [0.4, 0.5) is 5.69 Å². The van der Waals surface area contributed by atoms with Crippen LogP contribution in [0, 0.1) is 6.92 Å². The molecule has 1 amide bonds. The quantitative estimate of drug-likeness (QED) is 0.443. The van der Waals surface area contributed by atoms with Crippen molar-refractivity contribution in [3.63, 3.8) is 0 Å². The van der Waals surface area contributed by atoms with Gasteiger partial charge in [-0.2, -0.15) is 0 Å². The van der Waals surface area contributed by atoms with Gasteiger partial charge in [0, 0.05) is 21.7 Å². The monoisotopic (exact) mass is 393 g/mol. The summed E-state index contributed by atoms with van der Waals surface area (Å²) in [5.41, 5.74) is 1.91. The van der Waals surface area contributed by atoms with E-state index in [0.29, 0.717) is 11.4 Å². The Labute approximate surface area is 169 Å². The lowest BCUT2D eigenvalue weighted by molar-refractivity contribution is -0.152. The summed E-state index contributed by atoms with van der Waals surface area (Å²) < 4.78 is 5.29. The fourth-order valence-electron chi connectivity index (χ4n) is 2.77. The van der Waals surface area contributed by atoms with Crippen LogP contribution < -0.4 is 5.32 Å². The Morgan fingerprint density at radius 1 is 1.00 bits per heavy atom. The standard InChI is InChI=1S/C23H23NO3S/c1-16-10-12-19(13-11-16)28-15-14-22(25)27-17(2)23(26)24-21-9-5-7-18-6-3-4-8-20(18)21/h3-13,17H,14-15H2,1-2H3,(H,24,26). The number of anilines is 1. The van der Waals surface area contributed by atoms with E-state index in [0.717, 1.165) is 15.7 Å². The van der Waals surface area contributed by atoms with E-state index in [1.807, 2.05) is 73.7 Å². The second-order valence-electron chi connectivity index (χ2n) is 6.56. The molecule has 0 heterocycles. The van der Waals surface area contributed by atoms with Gasteiger partial charge in [0.05, 0.1) is 6.42 Å². The molecule has 3 rings (SSSR count). The zero-order chi connectivity index (χ0) is 19.9. The lowest BCUT2D eigenvalue weighted by atomic mass is 10.1. The van der Waals surface area contributed by atoms with Crippen molar-refractivity contribution < 1.29 is 14.3 Å². The fraction of sp³-hybridized carbons (Fsp3) is 0.217. The Morgan fingerprint density at radius 2 is 1.71 bits per heavy atom. The SMILES string of the molecule is Cc1ccc(SCCC(=O)OC(C)C(=O)Nc2cccc3ccccc23)cc1. The topological polar surface area (TPSA) is 55.4 Å². The number of amides is 1. The maximum atomic E-state index is 12.4. The lowest BCUT2D eigenvalue weighted by Crippen LogP contribution is -2.30. The van der Waals surface area contributed by atoms with Gasteiger partial charge in [0.1, 0.15) is 0 Å². The first-order valence-electron chi connectivity index (χ1n) is 9.20. The fourth-order valence-corrected chi connectivity index (χ4v) is 3.60. The van der Waals surface area contributed by atoms with E-state index in [4.69, 9.17) is 4.74 Å². The highest BCUT2D eigenvalue weighted by Gasteiger charge is 2.18. The number of ether oxygens (including phenoxy) is 1. The van der Waals surface area contributed by atoms with E-state index in [1.165, 1.54) is 5.56 Å². The molecule has 0 radical (unpaired) electrons. The highest BCUT2D eigenvalue weighted by Crippen LogP contribution is 2.23. The molecule has 0 spiro atoms. The van der Waals surface area contributed by atoms with Gasteiger partial charge >= 0.3 is 5.97 Å². The molecule has 1 atom stereocenters. The molecule has 0 saturated heterocycles. The molecule has 28 heavy (non-hydrogen) atoms. The van der Waals surface area contributed by atoms with Crippen LogP contribution in [0.15, 0.2) is 71.6 Å². The normalized spacial score (nSPS) is 11.8. The van der Waals surface area contributed by atoms with Crippen molar-refractivity contribution in [3.8, 4) is 0 Å². The molecular formula is C23H23NO3S. The molecule has 1 N–H and O–H groups in total. The zero-order valence-electron chi connectivity index (χ0n) is 16.0. The first-order chi connectivity index (χ1) is 13.5. The minimum absolute atomic E-state index is 0.254. The second-order valence-corrected chi connectivity index (χ2v) is 7.73. The number of carbonyl (C=O) groups excluding carboxylic acids is 2. The van der Waals surface area contributed by atoms with Gasteiger partial charge in [-0.15, -0.1) is 11.8 Å². The molecule has 3 aromatic rings. The molecule has 0 saturated carbocycles. The number of nitrogens with one attached hydrogen (secondary N) is 1. The summed E-state index contributed by atoms with van der Waals surface area (Å²) in [4.78, 5) is 25.6. The molecule has 1 unspecified atom stereocenters. The summed E-state index contributed by atoms with van der Waals surface area (Å²) >= 11 is 1.60. The van der Waals surface area contributed by atoms with Gasteiger partial charge < -0.3 is 10.1 Å². The molecular weight excluding hydrogens is 370 g/mol. The summed E-state index contributed by atoms with van der Waals surface area (Å²) in [5.74, 6) is -0.101. The number of hydrogen-bond donors (Lipinski definition) is 1. The molecule has 5 heteroatoms. The third kappa shape index (κ3) is 5.36. The van der Waals surface area contributed by atoms with Crippen LogP contribution in [0.2, 0.25) is 0 Å². The van der Waals surface area contributed by atoms with Crippen molar-refractivity contribution in [1.82, 2.24) is 0 Å². The van der Waals surface area contributed by atoms with E-state index >= 15 is 0 Å². The van der Waals surface area contributed by atoms with Crippen molar-refractivity contribution >= 4 is 40.1 Å². The van der Waals surface area contributed by atoms with Gasteiger partial charge in [-0.25, -0.2) is 0 Å². The predicted molar refractivity (Wildman–Crippen MR) is 115 cm³/mol. The van der Waals surface area contributed by atoms with Gasteiger partial charge in [0.15, 0.2) is 6.10 Å². The molecule has 0 aliphatic carbocycles. The van der Waals surface area contributed by atoms with Crippen molar-refractivity contribution in [2.24, 2.45) is 0 Å². The Bertz CT molecular complexity index is 964. The van der Waals surface area contributed by atoms with Crippen LogP contribution in [0.1, 0.15) is 18.9 Å². The van der Waals surface area contributed by atoms with Crippen molar-refractivity contribution in [1.29, 1.82) is 0 Å². The Kier molecular flexibility index (Phi) is 6.71. The number of thioether (sulfide) groups is 1. The molecule has 3 aromatic carbocycles. The molecule has 0 fully saturated rings. The van der Waals surface area contributed by atoms with Gasteiger partial charge in [0.25, 0.3) is 5.91 Å². The number of aryl methyl sites for hydroxylation is 1. The van der Waals surface area contributed by atoms with Crippen LogP contribution in [-0.2, 0) is 14.3 Å². The molecule has 144 valence electrons. The minimum Gasteiger partial charge on any atom is -0.453 e. The predicted octanol–water partition coefficient (Wildman–Crippen LogP) is 5.20. The highest BCUT2D eigenvalue weighted by molar-refractivity contribution is 7.99. The van der Waals surface area contributed by atoms with E-state index in [-0.39, 0.29) is 18.3 Å². The average Bonchev–Trinajstić information content (AvgIpc) is 2.69. The van der Waals surface area contributed by atoms with E-state index in [9.17, 15) is 9.59 Å². The van der Waals surface area contributed by atoms with E-state index in [1.54, 1.807) is 18.7 Å². The van der Waals surface area contributed by atoms with Crippen LogP contribution in [0.25, 0.3) is 10.8 Å². The largest absolute Gasteiger partial charge is 0.453 e. The van der Waals surface area contributed by atoms with Crippen molar-refractivity contribution in [2.45, 2.75) is 31.3 Å². The number of fused-ring (bicyclic) bond motifs is 1. The van der Waals surface area contributed by atoms with Crippen molar-refractivity contribution in [2.75, 3.05) is 11.1 Å². The molecule has 0 bridgehead atoms. The second kappa shape index (κ2) is 9.42. The summed E-state index contributed by atoms with van der Waals surface area (Å²) in [5, 5.41) is 4.85. The third-order valence-electron chi connectivity index (χ3n) is 4.32. The third-order valence-corrected chi connectivity index (χ3v) is 5.33. The van der Waals surface area contributed by atoms with Crippen LogP contribution in [-0.4, -0.2) is 23.7 Å². The van der Waals surface area contributed by atoms with Crippen LogP contribution >= 0.6 is 11.8 Å². The van der Waals surface area contributed by atoms with E-state index in [2.05, 4.69) is 5.32 Å². The molecule has 0 aliphatic heterocycles. The maximum absolute atomic E-state index is 12.4. The maximum Gasteiger partial charge on any atom is 0.307 e. The molecule has 0 aromatic heterocycles. The lowest BCUT2D eigenvalue weighted by Gasteiger charge is -2.14. The Morgan fingerprint density at radius 3 is 2.50 bits per heavy atom. The number of esters is 1. The summed E-state index contributed by atoms with van der Waals surface area (Å²) in [6.45, 7) is 3.63. The minimum atomic E-state index is -0.851. The van der Waals surface area contributed by atoms with Crippen LogP contribution in [0.5, 0.6) is 0 Å². The highest BCUT2D eigenvalue weighted by atomic mass is 32.2. The Hall–Kier alpha value is -2.79. The van der Waals surface area contributed by atoms with Gasteiger partial charge in [0.2, 0.25) is 0 Å². The number of carbonyl (C=O) groups is 2. The van der Waals surface area contributed by atoms with Gasteiger partial charge in [-0.05, 0) is 37.4 Å². The van der Waals surface area contributed by atoms with Crippen molar-refractivity contribution in [3.05, 3.63) is 72.3 Å². The first kappa shape index (κ1) is 20.0. The first-order valence-corrected chi connectivity index (χ1v) is 10.2. The smallest absolute Gasteiger partial charge is 0.307 e. The molecule has 0 aliphatic rings. The Balaban J connectivity index is 1.49. The zero-order valence-corrected chi connectivity index (χ0v) is 16.8. The number of rotatable bonds is 7. The number of hydrogen-bond acceptors (Lipinski definition) is 4. The molecule has 4 nitrogen and oxygen atoms in total. The van der Waals surface area contributed by atoms with Crippen LogP contribution in [0.3, 0.4) is 0 Å². The summed E-state index contributed by atoms with van der Waals surface area (Å²) in [6.07, 6.45) is -0.597. The summed E-state index contributed by atoms with van der Waals surface area (Å²) in [6, 6.07) is 21.7. The summed E-state index contributed by atoms with van der Waals surface area (Å²) in [7, 11) is 0. The van der Waals surface area contributed by atoms with Gasteiger partial charge in [-0.1, -0.05) is 54.1 Å².